The summed E-state index contributed by atoms with van der Waals surface area (Å²) in [6.07, 6.45) is 2.94. The van der Waals surface area contributed by atoms with Crippen LogP contribution in [0.25, 0.3) is 0 Å². The van der Waals surface area contributed by atoms with Crippen molar-refractivity contribution in [2.75, 3.05) is 0 Å². The highest BCUT2D eigenvalue weighted by molar-refractivity contribution is 7.09. The topological polar surface area (TPSA) is 60.9 Å². The first kappa shape index (κ1) is 13.0. The molecule has 98 valence electrons. The van der Waals surface area contributed by atoms with Crippen molar-refractivity contribution >= 4 is 11.3 Å². The van der Waals surface area contributed by atoms with Gasteiger partial charge in [-0.25, -0.2) is 0 Å². The molecule has 0 unspecified atom stereocenters. The van der Waals surface area contributed by atoms with Crippen LogP contribution in [0.15, 0.2) is 9.32 Å². The predicted molar refractivity (Wildman–Crippen MR) is 70.1 cm³/mol. The normalized spacial score (nSPS) is 11.1. The fraction of sp³-hybridized carbons (Fsp3) is 0.583. The van der Waals surface area contributed by atoms with E-state index in [0.717, 1.165) is 29.8 Å². The second kappa shape index (κ2) is 5.48. The number of nitrogens with zero attached hydrogens (tertiary/aromatic N) is 3. The maximum atomic E-state index is 11.7. The molecule has 6 heteroatoms. The average molecular weight is 267 g/mol. The van der Waals surface area contributed by atoms with Gasteiger partial charge in [0.1, 0.15) is 0 Å². The third-order valence-electron chi connectivity index (χ3n) is 2.93. The first-order valence-electron chi connectivity index (χ1n) is 6.10. The Bertz CT molecular complexity index is 582. The van der Waals surface area contributed by atoms with Crippen LogP contribution in [0.1, 0.15) is 42.1 Å². The quantitative estimate of drug-likeness (QED) is 0.834. The highest BCUT2D eigenvalue weighted by Gasteiger charge is 2.12. The van der Waals surface area contributed by atoms with E-state index in [2.05, 4.69) is 17.1 Å². The molecule has 5 nitrogen and oxygen atoms in total. The van der Waals surface area contributed by atoms with Gasteiger partial charge in [-0.3, -0.25) is 9.36 Å². The third kappa shape index (κ3) is 2.69. The van der Waals surface area contributed by atoms with E-state index >= 15 is 0 Å². The molecule has 0 N–H and O–H groups in total. The summed E-state index contributed by atoms with van der Waals surface area (Å²) in [5.41, 5.74) is 0.977. The van der Waals surface area contributed by atoms with Crippen molar-refractivity contribution in [2.45, 2.75) is 46.6 Å². The molecule has 2 heterocycles. The molecule has 0 aliphatic heterocycles. The monoisotopic (exact) mass is 267 g/mol. The van der Waals surface area contributed by atoms with Crippen LogP contribution < -0.4 is 4.87 Å². The highest BCUT2D eigenvalue weighted by atomic mass is 32.1. The summed E-state index contributed by atoms with van der Waals surface area (Å²) in [6.45, 7) is 6.39. The molecule has 0 saturated heterocycles. The summed E-state index contributed by atoms with van der Waals surface area (Å²) in [7, 11) is 0. The number of rotatable bonds is 5. The zero-order chi connectivity index (χ0) is 13.1. The Morgan fingerprint density at radius 1 is 1.39 bits per heavy atom. The van der Waals surface area contributed by atoms with E-state index in [9.17, 15) is 4.79 Å². The summed E-state index contributed by atoms with van der Waals surface area (Å²) >= 11 is 1.26. The molecule has 0 fully saturated rings. The summed E-state index contributed by atoms with van der Waals surface area (Å²) in [5, 5.41) is 3.91. The van der Waals surface area contributed by atoms with Crippen molar-refractivity contribution < 1.29 is 4.52 Å². The van der Waals surface area contributed by atoms with Gasteiger partial charge in [-0.15, -0.1) is 0 Å². The van der Waals surface area contributed by atoms with Gasteiger partial charge in [0.2, 0.25) is 5.89 Å². The second-order valence-electron chi connectivity index (χ2n) is 4.30. The van der Waals surface area contributed by atoms with Crippen molar-refractivity contribution in [3.63, 3.8) is 0 Å². The van der Waals surface area contributed by atoms with E-state index in [1.165, 1.54) is 11.3 Å². The average Bonchev–Trinajstić information content (AvgIpc) is 2.88. The number of unbranched alkanes of at least 4 members (excludes halogenated alkanes) is 1. The molecule has 0 spiro atoms. The van der Waals surface area contributed by atoms with Gasteiger partial charge in [0.05, 0.1) is 6.54 Å². The molecular weight excluding hydrogens is 250 g/mol. The van der Waals surface area contributed by atoms with Gasteiger partial charge in [-0.1, -0.05) is 29.8 Å². The minimum atomic E-state index is 0.0323. The van der Waals surface area contributed by atoms with Crippen LogP contribution in [-0.4, -0.2) is 14.7 Å². The number of hydrogen-bond acceptors (Lipinski definition) is 5. The van der Waals surface area contributed by atoms with Gasteiger partial charge >= 0.3 is 4.87 Å². The second-order valence-corrected chi connectivity index (χ2v) is 5.47. The summed E-state index contributed by atoms with van der Waals surface area (Å²) in [6, 6.07) is 0. The minimum absolute atomic E-state index is 0.0323. The van der Waals surface area contributed by atoms with Crippen molar-refractivity contribution in [1.29, 1.82) is 0 Å². The Morgan fingerprint density at radius 3 is 2.78 bits per heavy atom. The molecular formula is C12H17N3O2S. The Morgan fingerprint density at radius 2 is 2.17 bits per heavy atom. The molecule has 0 radical (unpaired) electrons. The van der Waals surface area contributed by atoms with Crippen molar-refractivity contribution in [3.05, 3.63) is 32.0 Å². The van der Waals surface area contributed by atoms with Crippen LogP contribution in [0.3, 0.4) is 0 Å². The summed E-state index contributed by atoms with van der Waals surface area (Å²) in [5.74, 6) is 1.23. The van der Waals surface area contributed by atoms with Crippen molar-refractivity contribution in [1.82, 2.24) is 14.7 Å². The third-order valence-corrected chi connectivity index (χ3v) is 3.93. The fourth-order valence-electron chi connectivity index (χ4n) is 1.70. The molecule has 0 aromatic carbocycles. The Balaban J connectivity index is 2.14. The van der Waals surface area contributed by atoms with E-state index in [1.807, 2.05) is 13.8 Å². The number of hydrogen-bond donors (Lipinski definition) is 0. The Labute approximate surface area is 109 Å². The van der Waals surface area contributed by atoms with Gasteiger partial charge in [0.15, 0.2) is 5.82 Å². The Hall–Kier alpha value is -1.43. The van der Waals surface area contributed by atoms with E-state index in [1.54, 1.807) is 4.57 Å². The molecule has 0 aliphatic rings. The minimum Gasteiger partial charge on any atom is -0.339 e. The number of aromatic nitrogens is 3. The van der Waals surface area contributed by atoms with Crippen LogP contribution >= 0.6 is 11.3 Å². The lowest BCUT2D eigenvalue weighted by Crippen LogP contribution is -2.16. The largest absolute Gasteiger partial charge is 0.339 e. The van der Waals surface area contributed by atoms with Crippen molar-refractivity contribution in [3.8, 4) is 0 Å². The van der Waals surface area contributed by atoms with Crippen LogP contribution in [0.4, 0.5) is 0 Å². The standard InChI is InChI=1S/C12H17N3O2S/c1-4-5-6-11-13-10(14-17-11)7-15-8(2)9(3)18-12(15)16/h4-7H2,1-3H3. The zero-order valence-electron chi connectivity index (χ0n) is 10.9. The molecule has 0 aliphatic carbocycles. The van der Waals surface area contributed by atoms with Crippen LogP contribution in [0.5, 0.6) is 0 Å². The predicted octanol–water partition coefficient (Wildman–Crippen LogP) is 2.30. The summed E-state index contributed by atoms with van der Waals surface area (Å²) < 4.78 is 6.84. The maximum Gasteiger partial charge on any atom is 0.307 e. The maximum absolute atomic E-state index is 11.7. The highest BCUT2D eigenvalue weighted by Crippen LogP contribution is 2.11. The van der Waals surface area contributed by atoms with E-state index in [4.69, 9.17) is 4.52 Å². The molecule has 0 atom stereocenters. The lowest BCUT2D eigenvalue weighted by Gasteiger charge is -1.99. The Kier molecular flexibility index (Phi) is 3.96. The first-order chi connectivity index (χ1) is 8.61. The first-order valence-corrected chi connectivity index (χ1v) is 6.91. The SMILES string of the molecule is CCCCc1nc(Cn2c(C)c(C)sc2=O)no1. The lowest BCUT2D eigenvalue weighted by molar-refractivity contribution is 0.369. The fourth-order valence-corrected chi connectivity index (χ4v) is 2.53. The number of thiazole rings is 1. The molecule has 0 bridgehead atoms. The van der Waals surface area contributed by atoms with Crippen molar-refractivity contribution in [2.24, 2.45) is 0 Å². The van der Waals surface area contributed by atoms with E-state index in [0.29, 0.717) is 18.3 Å². The van der Waals surface area contributed by atoms with Gasteiger partial charge < -0.3 is 4.52 Å². The molecule has 2 aromatic rings. The van der Waals surface area contributed by atoms with E-state index < -0.39 is 0 Å². The molecule has 0 saturated carbocycles. The zero-order valence-corrected chi connectivity index (χ0v) is 11.7. The van der Waals surface area contributed by atoms with Crippen LogP contribution in [0.2, 0.25) is 0 Å². The van der Waals surface area contributed by atoms with Gasteiger partial charge in [0.25, 0.3) is 0 Å². The number of aryl methyl sites for hydroxylation is 2. The van der Waals surface area contributed by atoms with Crippen LogP contribution in [0, 0.1) is 13.8 Å². The van der Waals surface area contributed by atoms with Gasteiger partial charge in [0, 0.05) is 17.0 Å². The lowest BCUT2D eigenvalue weighted by atomic mass is 10.2. The molecule has 2 aromatic heterocycles. The van der Waals surface area contributed by atoms with Crippen LogP contribution in [-0.2, 0) is 13.0 Å². The molecule has 0 amide bonds. The molecule has 2 rings (SSSR count). The smallest absolute Gasteiger partial charge is 0.307 e. The van der Waals surface area contributed by atoms with Gasteiger partial charge in [-0.2, -0.15) is 4.98 Å². The van der Waals surface area contributed by atoms with E-state index in [-0.39, 0.29) is 4.87 Å². The molecule has 18 heavy (non-hydrogen) atoms. The van der Waals surface area contributed by atoms with Gasteiger partial charge in [-0.05, 0) is 20.3 Å². The summed E-state index contributed by atoms with van der Waals surface area (Å²) in [4.78, 5) is 17.1.